The van der Waals surface area contributed by atoms with Crippen LogP contribution in [0.25, 0.3) is 0 Å². The number of thioether (sulfide) groups is 2. The molecular formula is C17H14O2S2. The van der Waals surface area contributed by atoms with Crippen molar-refractivity contribution in [2.75, 3.05) is 0 Å². The first-order valence-corrected chi connectivity index (χ1v) is 7.47. The van der Waals surface area contributed by atoms with Crippen LogP contribution in [0.4, 0.5) is 0 Å². The molecule has 0 aliphatic heterocycles. The lowest BCUT2D eigenvalue weighted by Crippen LogP contribution is -1.84. The second-order valence-corrected chi connectivity index (χ2v) is 5.79. The standard InChI is InChI=1S/C17H14O2S2/c1-5-7-9-11-17(21-15(4)19)13-12-16(10-8-6-2)20-14(3)18/h6,12-13H,2H2,1,3-4H3/b16-12-,17-13-. The minimum atomic E-state index is -0.0774. The average molecular weight is 314 g/mol. The van der Waals surface area contributed by atoms with Crippen LogP contribution in [0.2, 0.25) is 0 Å². The molecule has 0 amide bonds. The van der Waals surface area contributed by atoms with Gasteiger partial charge in [-0.3, -0.25) is 9.59 Å². The molecule has 0 fully saturated rings. The largest absolute Gasteiger partial charge is 0.287 e. The number of allylic oxidation sites excluding steroid dienone is 5. The Morgan fingerprint density at radius 1 is 0.952 bits per heavy atom. The van der Waals surface area contributed by atoms with Gasteiger partial charge in [0.15, 0.2) is 10.2 Å². The Hall–Kier alpha value is -2.06. The van der Waals surface area contributed by atoms with E-state index in [0.717, 1.165) is 23.5 Å². The van der Waals surface area contributed by atoms with E-state index >= 15 is 0 Å². The average Bonchev–Trinajstić information content (AvgIpc) is 2.40. The maximum atomic E-state index is 11.2. The van der Waals surface area contributed by atoms with Crippen molar-refractivity contribution in [2.24, 2.45) is 0 Å². The van der Waals surface area contributed by atoms with E-state index in [1.165, 1.54) is 19.9 Å². The van der Waals surface area contributed by atoms with Gasteiger partial charge in [0.25, 0.3) is 0 Å². The highest BCUT2D eigenvalue weighted by molar-refractivity contribution is 8.17. The van der Waals surface area contributed by atoms with Gasteiger partial charge >= 0.3 is 0 Å². The van der Waals surface area contributed by atoms with Crippen molar-refractivity contribution in [3.63, 3.8) is 0 Å². The van der Waals surface area contributed by atoms with Gasteiger partial charge in [-0.1, -0.05) is 24.3 Å². The van der Waals surface area contributed by atoms with Crippen LogP contribution in [-0.2, 0) is 9.59 Å². The van der Waals surface area contributed by atoms with Crippen LogP contribution >= 0.6 is 23.5 Å². The van der Waals surface area contributed by atoms with Crippen LogP contribution in [0.15, 0.2) is 34.6 Å². The number of carbonyl (C=O) groups excluding carboxylic acids is 2. The van der Waals surface area contributed by atoms with Crippen LogP contribution in [0, 0.1) is 35.5 Å². The van der Waals surface area contributed by atoms with E-state index in [1.807, 2.05) is 0 Å². The lowest BCUT2D eigenvalue weighted by molar-refractivity contribution is -0.109. The molecule has 0 heterocycles. The third kappa shape index (κ3) is 11.5. The number of hydrogen-bond donors (Lipinski definition) is 0. The number of hydrogen-bond acceptors (Lipinski definition) is 4. The highest BCUT2D eigenvalue weighted by atomic mass is 32.2. The minimum absolute atomic E-state index is 0.0725. The van der Waals surface area contributed by atoms with Gasteiger partial charge in [0.1, 0.15) is 0 Å². The van der Waals surface area contributed by atoms with Crippen LogP contribution in [0.5, 0.6) is 0 Å². The molecule has 0 radical (unpaired) electrons. The van der Waals surface area contributed by atoms with Gasteiger partial charge in [0, 0.05) is 13.8 Å². The van der Waals surface area contributed by atoms with Gasteiger partial charge in [0.2, 0.25) is 0 Å². The predicted octanol–water partition coefficient (Wildman–Crippen LogP) is 3.53. The van der Waals surface area contributed by atoms with Crippen molar-refractivity contribution in [3.8, 4) is 35.5 Å². The first kappa shape index (κ1) is 18.9. The Balaban J connectivity index is 5.45. The van der Waals surface area contributed by atoms with Gasteiger partial charge in [-0.2, -0.15) is 0 Å². The maximum Gasteiger partial charge on any atom is 0.191 e. The maximum absolute atomic E-state index is 11.2. The first-order valence-electron chi connectivity index (χ1n) is 5.83. The van der Waals surface area contributed by atoms with Gasteiger partial charge in [-0.15, -0.1) is 0 Å². The smallest absolute Gasteiger partial charge is 0.191 e. The molecule has 4 heteroatoms. The van der Waals surface area contributed by atoms with E-state index in [-0.39, 0.29) is 10.2 Å². The van der Waals surface area contributed by atoms with Crippen LogP contribution in [0.1, 0.15) is 20.8 Å². The van der Waals surface area contributed by atoms with E-state index in [2.05, 4.69) is 42.1 Å². The lowest BCUT2D eigenvalue weighted by Gasteiger charge is -1.95. The summed E-state index contributed by atoms with van der Waals surface area (Å²) >= 11 is 2.02. The van der Waals surface area contributed by atoms with E-state index < -0.39 is 0 Å². The molecule has 0 aliphatic carbocycles. The topological polar surface area (TPSA) is 34.1 Å². The number of rotatable bonds is 3. The molecule has 0 atom stereocenters. The van der Waals surface area contributed by atoms with Crippen molar-refractivity contribution >= 4 is 33.8 Å². The summed E-state index contributed by atoms with van der Waals surface area (Å²) in [6, 6.07) is 0. The second kappa shape index (κ2) is 11.7. The molecule has 0 aromatic rings. The Morgan fingerprint density at radius 2 is 1.48 bits per heavy atom. The summed E-state index contributed by atoms with van der Waals surface area (Å²) in [6.07, 6.45) is 4.75. The van der Waals surface area contributed by atoms with Crippen LogP contribution < -0.4 is 0 Å². The molecule has 2 nitrogen and oxygen atoms in total. The lowest BCUT2D eigenvalue weighted by atomic mass is 10.4. The van der Waals surface area contributed by atoms with Gasteiger partial charge in [0.05, 0.1) is 9.81 Å². The second-order valence-electron chi connectivity index (χ2n) is 3.35. The highest BCUT2D eigenvalue weighted by Gasteiger charge is 2.01. The van der Waals surface area contributed by atoms with E-state index in [4.69, 9.17) is 0 Å². The highest BCUT2D eigenvalue weighted by Crippen LogP contribution is 2.19. The fourth-order valence-electron chi connectivity index (χ4n) is 0.941. The van der Waals surface area contributed by atoms with E-state index in [0.29, 0.717) is 9.81 Å². The summed E-state index contributed by atoms with van der Waals surface area (Å²) in [5, 5.41) is -0.150. The molecule has 0 saturated carbocycles. The molecule has 0 N–H and O–H groups in total. The zero-order chi connectivity index (χ0) is 16.1. The third-order valence-electron chi connectivity index (χ3n) is 1.56. The zero-order valence-corrected chi connectivity index (χ0v) is 13.7. The Bertz CT molecular complexity index is 663. The normalized spacial score (nSPS) is 10.0. The molecule has 21 heavy (non-hydrogen) atoms. The van der Waals surface area contributed by atoms with Gasteiger partial charge < -0.3 is 0 Å². The third-order valence-corrected chi connectivity index (χ3v) is 3.06. The van der Waals surface area contributed by atoms with Crippen molar-refractivity contribution in [2.45, 2.75) is 20.8 Å². The molecule has 0 aromatic carbocycles. The number of carbonyl (C=O) groups is 2. The molecule has 0 rings (SSSR count). The fraction of sp³-hybridized carbons (Fsp3) is 0.176. The van der Waals surface area contributed by atoms with Crippen LogP contribution in [-0.4, -0.2) is 10.2 Å². The summed E-state index contributed by atoms with van der Waals surface area (Å²) in [4.78, 5) is 23.4. The summed E-state index contributed by atoms with van der Waals surface area (Å²) in [7, 11) is 0. The summed E-state index contributed by atoms with van der Waals surface area (Å²) in [5.41, 5.74) is 0. The SMILES string of the molecule is C=CC#C/C(=C/C=C(/C#CC#CC)SC(C)=O)SC(C)=O. The summed E-state index contributed by atoms with van der Waals surface area (Å²) in [6.45, 7) is 8.10. The van der Waals surface area contributed by atoms with Crippen molar-refractivity contribution in [1.82, 2.24) is 0 Å². The monoisotopic (exact) mass is 314 g/mol. The summed E-state index contributed by atoms with van der Waals surface area (Å²) in [5.74, 6) is 16.2. The molecule has 0 unspecified atom stereocenters. The van der Waals surface area contributed by atoms with Gasteiger partial charge in [-0.05, 0) is 66.4 Å². The quantitative estimate of drug-likeness (QED) is 0.589. The Labute approximate surface area is 134 Å². The summed E-state index contributed by atoms with van der Waals surface area (Å²) < 4.78 is 0. The van der Waals surface area contributed by atoms with E-state index in [1.54, 1.807) is 19.1 Å². The molecule has 0 aliphatic rings. The molecule has 0 saturated heterocycles. The van der Waals surface area contributed by atoms with E-state index in [9.17, 15) is 9.59 Å². The molecule has 0 aromatic heterocycles. The minimum Gasteiger partial charge on any atom is -0.287 e. The fourth-order valence-corrected chi connectivity index (χ4v) is 2.04. The van der Waals surface area contributed by atoms with Crippen molar-refractivity contribution < 1.29 is 9.59 Å². The molecule has 0 spiro atoms. The van der Waals surface area contributed by atoms with Crippen molar-refractivity contribution in [3.05, 3.63) is 34.6 Å². The van der Waals surface area contributed by atoms with Crippen LogP contribution in [0.3, 0.4) is 0 Å². The molecular weight excluding hydrogens is 300 g/mol. The van der Waals surface area contributed by atoms with Gasteiger partial charge in [-0.25, -0.2) is 0 Å². The Kier molecular flexibility index (Phi) is 10.6. The predicted molar refractivity (Wildman–Crippen MR) is 91.9 cm³/mol. The molecule has 0 bridgehead atoms. The zero-order valence-electron chi connectivity index (χ0n) is 12.1. The van der Waals surface area contributed by atoms with Crippen molar-refractivity contribution in [1.29, 1.82) is 0 Å². The first-order chi connectivity index (χ1) is 9.99. The Morgan fingerprint density at radius 3 is 1.90 bits per heavy atom. The molecule has 106 valence electrons.